The number of benzene rings is 1. The number of H-pyrrole nitrogens is 1. The Labute approximate surface area is 147 Å². The van der Waals surface area contributed by atoms with Crippen molar-refractivity contribution in [3.63, 3.8) is 0 Å². The molecule has 1 amide bonds. The topological polar surface area (TPSA) is 104 Å². The Morgan fingerprint density at radius 1 is 1.36 bits per heavy atom. The van der Waals surface area contributed by atoms with Gasteiger partial charge in [0.25, 0.3) is 5.91 Å². The number of rotatable bonds is 3. The summed E-state index contributed by atoms with van der Waals surface area (Å²) in [6.45, 7) is 0. The van der Waals surface area contributed by atoms with Gasteiger partial charge in [-0.3, -0.25) is 9.89 Å². The molecule has 0 bridgehead atoms. The molecule has 2 aromatic heterocycles. The molecule has 8 heteroatoms. The van der Waals surface area contributed by atoms with Crippen LogP contribution in [-0.4, -0.2) is 32.4 Å². The van der Waals surface area contributed by atoms with E-state index >= 15 is 0 Å². The van der Waals surface area contributed by atoms with E-state index in [1.807, 2.05) is 6.07 Å². The predicted octanol–water partition coefficient (Wildman–Crippen LogP) is 2.23. The predicted molar refractivity (Wildman–Crippen MR) is 89.0 cm³/mol. The summed E-state index contributed by atoms with van der Waals surface area (Å²) in [4.78, 5) is 12.1. The highest BCUT2D eigenvalue weighted by Crippen LogP contribution is 2.60. The number of hydrogen-bond donors (Lipinski definition) is 3. The van der Waals surface area contributed by atoms with E-state index in [9.17, 15) is 9.90 Å². The van der Waals surface area contributed by atoms with Crippen molar-refractivity contribution < 1.29 is 14.4 Å². The molecule has 25 heavy (non-hydrogen) atoms. The SMILES string of the molecule is O=C(N[C@H]1[C@@H]2C[C@@](O)(c3cc(Cl)cc4[nH]ncc34)C[C@@H]21)c1cnoc1. The van der Waals surface area contributed by atoms with Crippen LogP contribution in [0.4, 0.5) is 0 Å². The lowest BCUT2D eigenvalue weighted by atomic mass is 9.86. The van der Waals surface area contributed by atoms with Gasteiger partial charge in [0.15, 0.2) is 0 Å². The van der Waals surface area contributed by atoms with Gasteiger partial charge in [-0.15, -0.1) is 0 Å². The van der Waals surface area contributed by atoms with Crippen molar-refractivity contribution in [2.45, 2.75) is 24.5 Å². The Morgan fingerprint density at radius 3 is 2.88 bits per heavy atom. The minimum Gasteiger partial charge on any atom is -0.385 e. The Hall–Kier alpha value is -2.38. The van der Waals surface area contributed by atoms with E-state index in [4.69, 9.17) is 16.1 Å². The van der Waals surface area contributed by atoms with Gasteiger partial charge >= 0.3 is 0 Å². The smallest absolute Gasteiger partial charge is 0.256 e. The Kier molecular flexibility index (Phi) is 3.02. The highest BCUT2D eigenvalue weighted by molar-refractivity contribution is 6.31. The first-order valence-corrected chi connectivity index (χ1v) is 8.49. The standard InChI is InChI=1S/C17H15ClN4O3/c18-9-1-13(12-6-19-22-14(12)2-9)17(24)3-10-11(4-17)15(10)21-16(23)8-5-20-25-7-8/h1-2,5-7,10-11,15,24H,3-4H2,(H,19,22)(H,21,23)/t10-,11+,15+,17+. The van der Waals surface area contributed by atoms with Gasteiger partial charge in [-0.05, 0) is 42.4 Å². The number of hydrogen-bond acceptors (Lipinski definition) is 5. The molecule has 2 fully saturated rings. The molecule has 7 nitrogen and oxygen atoms in total. The Morgan fingerprint density at radius 2 is 2.16 bits per heavy atom. The molecule has 2 aliphatic carbocycles. The Balaban J connectivity index is 1.35. The van der Waals surface area contributed by atoms with E-state index in [0.717, 1.165) is 16.5 Å². The molecule has 0 saturated heterocycles. The fourth-order valence-electron chi connectivity index (χ4n) is 4.25. The number of carbonyl (C=O) groups excluding carboxylic acids is 1. The molecular formula is C17H15ClN4O3. The molecule has 1 aromatic carbocycles. The molecule has 2 saturated carbocycles. The molecule has 128 valence electrons. The first-order valence-electron chi connectivity index (χ1n) is 8.11. The van der Waals surface area contributed by atoms with Crippen molar-refractivity contribution in [1.82, 2.24) is 20.7 Å². The lowest BCUT2D eigenvalue weighted by molar-refractivity contribution is 0.0293. The maximum Gasteiger partial charge on any atom is 0.256 e. The molecule has 2 heterocycles. The van der Waals surface area contributed by atoms with E-state index < -0.39 is 5.60 Å². The normalized spacial score (nSPS) is 30.4. The summed E-state index contributed by atoms with van der Waals surface area (Å²) in [5, 5.41) is 26.1. The average Bonchev–Trinajstić information content (AvgIpc) is 3.12. The fourth-order valence-corrected chi connectivity index (χ4v) is 4.47. The number of aromatic nitrogens is 3. The summed E-state index contributed by atoms with van der Waals surface area (Å²) in [6, 6.07) is 3.70. The largest absolute Gasteiger partial charge is 0.385 e. The quantitative estimate of drug-likeness (QED) is 0.666. The van der Waals surface area contributed by atoms with Crippen molar-refractivity contribution in [2.24, 2.45) is 11.8 Å². The second-order valence-electron chi connectivity index (χ2n) is 6.96. The van der Waals surface area contributed by atoms with Gasteiger partial charge in [-0.25, -0.2) is 0 Å². The third-order valence-electron chi connectivity index (χ3n) is 5.50. The first-order chi connectivity index (χ1) is 12.0. The van der Waals surface area contributed by atoms with Gasteiger partial charge in [0, 0.05) is 16.5 Å². The van der Waals surface area contributed by atoms with Crippen molar-refractivity contribution >= 4 is 28.4 Å². The number of halogens is 1. The van der Waals surface area contributed by atoms with Crippen LogP contribution in [0.25, 0.3) is 10.9 Å². The van der Waals surface area contributed by atoms with Crippen LogP contribution in [0.1, 0.15) is 28.8 Å². The third kappa shape index (κ3) is 2.26. The highest BCUT2D eigenvalue weighted by atomic mass is 35.5. The van der Waals surface area contributed by atoms with Crippen molar-refractivity contribution in [1.29, 1.82) is 0 Å². The Bertz CT molecular complexity index is 956. The number of nitrogens with zero attached hydrogens (tertiary/aromatic N) is 2. The van der Waals surface area contributed by atoms with Gasteiger partial charge in [0.05, 0.1) is 29.1 Å². The highest BCUT2D eigenvalue weighted by Gasteiger charge is 2.62. The van der Waals surface area contributed by atoms with Crippen LogP contribution in [0.3, 0.4) is 0 Å². The summed E-state index contributed by atoms with van der Waals surface area (Å²) < 4.78 is 4.69. The van der Waals surface area contributed by atoms with Gasteiger partial charge in [-0.2, -0.15) is 5.10 Å². The third-order valence-corrected chi connectivity index (χ3v) is 5.71. The molecular weight excluding hydrogens is 344 g/mol. The van der Waals surface area contributed by atoms with Crippen molar-refractivity contribution in [2.75, 3.05) is 0 Å². The fraction of sp³-hybridized carbons (Fsp3) is 0.353. The molecule has 3 aromatic rings. The maximum absolute atomic E-state index is 12.1. The van der Waals surface area contributed by atoms with Crippen LogP contribution >= 0.6 is 11.6 Å². The van der Waals surface area contributed by atoms with E-state index in [-0.39, 0.29) is 23.8 Å². The summed E-state index contributed by atoms with van der Waals surface area (Å²) in [5.41, 5.74) is 1.09. The zero-order valence-corrected chi connectivity index (χ0v) is 13.8. The van der Waals surface area contributed by atoms with Crippen LogP contribution in [0.5, 0.6) is 0 Å². The van der Waals surface area contributed by atoms with Crippen LogP contribution in [0.2, 0.25) is 5.02 Å². The molecule has 0 unspecified atom stereocenters. The first kappa shape index (κ1) is 14.9. The van der Waals surface area contributed by atoms with E-state index in [1.165, 1.54) is 12.5 Å². The zero-order valence-electron chi connectivity index (χ0n) is 13.1. The molecule has 2 aliphatic rings. The molecule has 4 atom stereocenters. The number of amides is 1. The second kappa shape index (κ2) is 5.06. The summed E-state index contributed by atoms with van der Waals surface area (Å²) >= 11 is 6.19. The minimum absolute atomic E-state index is 0.0849. The van der Waals surface area contributed by atoms with E-state index in [1.54, 1.807) is 12.3 Å². The zero-order chi connectivity index (χ0) is 17.2. The number of carbonyl (C=O) groups is 1. The summed E-state index contributed by atoms with van der Waals surface area (Å²) in [5.74, 6) is 0.327. The van der Waals surface area contributed by atoms with E-state index in [0.29, 0.717) is 23.4 Å². The van der Waals surface area contributed by atoms with Gasteiger partial charge in [-0.1, -0.05) is 16.8 Å². The second-order valence-corrected chi connectivity index (χ2v) is 7.40. The van der Waals surface area contributed by atoms with Gasteiger partial charge < -0.3 is 14.9 Å². The molecule has 0 spiro atoms. The van der Waals surface area contributed by atoms with Gasteiger partial charge in [0.1, 0.15) is 6.26 Å². The van der Waals surface area contributed by atoms with Crippen LogP contribution in [-0.2, 0) is 5.60 Å². The maximum atomic E-state index is 12.1. The lowest BCUT2D eigenvalue weighted by Crippen LogP contribution is -2.33. The summed E-state index contributed by atoms with van der Waals surface area (Å²) in [6.07, 6.45) is 5.62. The monoisotopic (exact) mass is 358 g/mol. The van der Waals surface area contributed by atoms with Crippen LogP contribution < -0.4 is 5.32 Å². The van der Waals surface area contributed by atoms with Crippen molar-refractivity contribution in [3.8, 4) is 0 Å². The summed E-state index contributed by atoms with van der Waals surface area (Å²) in [7, 11) is 0. The van der Waals surface area contributed by atoms with Crippen LogP contribution in [0.15, 0.2) is 35.3 Å². The number of aliphatic hydroxyl groups is 1. The number of nitrogens with one attached hydrogen (secondary N) is 2. The average molecular weight is 359 g/mol. The molecule has 5 rings (SSSR count). The van der Waals surface area contributed by atoms with Gasteiger partial charge in [0.2, 0.25) is 0 Å². The molecule has 3 N–H and O–H groups in total. The van der Waals surface area contributed by atoms with E-state index in [2.05, 4.69) is 20.7 Å². The van der Waals surface area contributed by atoms with Crippen molar-refractivity contribution in [3.05, 3.63) is 46.9 Å². The van der Waals surface area contributed by atoms with Crippen LogP contribution in [0, 0.1) is 11.8 Å². The minimum atomic E-state index is -0.944. The molecule has 0 aliphatic heterocycles. The number of aromatic amines is 1. The number of fused-ring (bicyclic) bond motifs is 2. The molecule has 0 radical (unpaired) electrons. The lowest BCUT2D eigenvalue weighted by Gasteiger charge is -2.27.